The van der Waals surface area contributed by atoms with Crippen molar-refractivity contribution >= 4 is 11.9 Å². The van der Waals surface area contributed by atoms with Gasteiger partial charge in [0.2, 0.25) is 0 Å². The maximum absolute atomic E-state index is 12.7. The molecule has 1 aliphatic rings. The molecule has 2 atom stereocenters. The van der Waals surface area contributed by atoms with Crippen molar-refractivity contribution in [1.82, 2.24) is 9.88 Å². The topological polar surface area (TPSA) is 62.4 Å². The third-order valence-electron chi connectivity index (χ3n) is 4.52. The third-order valence-corrected chi connectivity index (χ3v) is 4.52. The zero-order valence-electron chi connectivity index (χ0n) is 13.3. The van der Waals surface area contributed by atoms with E-state index >= 15 is 0 Å². The zero-order valence-corrected chi connectivity index (χ0v) is 13.3. The average molecular weight is 312 g/mol. The van der Waals surface area contributed by atoms with Crippen LogP contribution in [0.1, 0.15) is 27.4 Å². The summed E-state index contributed by atoms with van der Waals surface area (Å²) < 4.78 is 4.95. The van der Waals surface area contributed by atoms with E-state index in [0.29, 0.717) is 18.7 Å². The van der Waals surface area contributed by atoms with Crippen molar-refractivity contribution in [3.63, 3.8) is 0 Å². The first-order valence-corrected chi connectivity index (χ1v) is 7.67. The molecule has 0 aliphatic carbocycles. The second kappa shape index (κ2) is 6.28. The van der Waals surface area contributed by atoms with E-state index in [9.17, 15) is 9.59 Å². The molecule has 0 radical (unpaired) electrons. The van der Waals surface area contributed by atoms with Crippen LogP contribution in [0.4, 0.5) is 0 Å². The molecule has 0 spiro atoms. The number of hydrogen-bond donors (Lipinski definition) is 1. The van der Waals surface area contributed by atoms with E-state index in [1.807, 2.05) is 37.3 Å². The van der Waals surface area contributed by atoms with Gasteiger partial charge in [0.25, 0.3) is 5.91 Å². The number of rotatable bonds is 3. The van der Waals surface area contributed by atoms with Gasteiger partial charge >= 0.3 is 5.97 Å². The lowest BCUT2D eigenvalue weighted by atomic mass is 9.89. The number of amides is 1. The monoisotopic (exact) mass is 312 g/mol. The summed E-state index contributed by atoms with van der Waals surface area (Å²) in [5, 5.41) is 0. The van der Waals surface area contributed by atoms with Gasteiger partial charge in [-0.15, -0.1) is 0 Å². The number of nitrogens with zero attached hydrogens (tertiary/aromatic N) is 1. The highest BCUT2D eigenvalue weighted by Crippen LogP contribution is 2.34. The van der Waals surface area contributed by atoms with Gasteiger partial charge in [-0.25, -0.2) is 0 Å². The Morgan fingerprint density at radius 1 is 1.17 bits per heavy atom. The first-order valence-electron chi connectivity index (χ1n) is 7.67. The maximum atomic E-state index is 12.7. The molecule has 1 saturated heterocycles. The Kier molecular flexibility index (Phi) is 4.19. The normalized spacial score (nSPS) is 20.5. The SMILES string of the molecule is COC(=O)[C@@H]1CN(C(=O)c2c[nH]cc2C)C[C@@H]1c1ccccc1. The Morgan fingerprint density at radius 2 is 1.91 bits per heavy atom. The number of carbonyl (C=O) groups excluding carboxylic acids is 2. The number of aromatic amines is 1. The predicted molar refractivity (Wildman–Crippen MR) is 86.1 cm³/mol. The van der Waals surface area contributed by atoms with Crippen molar-refractivity contribution in [2.45, 2.75) is 12.8 Å². The van der Waals surface area contributed by atoms with Crippen LogP contribution in [0, 0.1) is 12.8 Å². The van der Waals surface area contributed by atoms with Gasteiger partial charge in [0, 0.05) is 31.4 Å². The van der Waals surface area contributed by atoms with Crippen molar-refractivity contribution in [1.29, 1.82) is 0 Å². The summed E-state index contributed by atoms with van der Waals surface area (Å²) in [5.74, 6) is -0.673. The zero-order chi connectivity index (χ0) is 16.4. The number of ether oxygens (including phenoxy) is 1. The van der Waals surface area contributed by atoms with Crippen LogP contribution in [0.25, 0.3) is 0 Å². The van der Waals surface area contributed by atoms with Crippen LogP contribution in [-0.4, -0.2) is 42.0 Å². The molecule has 1 aromatic heterocycles. The molecule has 0 unspecified atom stereocenters. The number of H-pyrrole nitrogens is 1. The molecule has 0 bridgehead atoms. The van der Waals surface area contributed by atoms with Crippen LogP contribution in [0.2, 0.25) is 0 Å². The van der Waals surface area contributed by atoms with Crippen LogP contribution >= 0.6 is 0 Å². The van der Waals surface area contributed by atoms with Crippen LogP contribution in [0.15, 0.2) is 42.7 Å². The molecule has 1 amide bonds. The van der Waals surface area contributed by atoms with E-state index in [0.717, 1.165) is 11.1 Å². The lowest BCUT2D eigenvalue weighted by Crippen LogP contribution is -2.30. The molecule has 1 fully saturated rings. The highest BCUT2D eigenvalue weighted by atomic mass is 16.5. The van der Waals surface area contributed by atoms with Crippen molar-refractivity contribution in [3.8, 4) is 0 Å². The molecule has 0 saturated carbocycles. The molecule has 1 aromatic carbocycles. The number of likely N-dealkylation sites (tertiary alicyclic amines) is 1. The minimum atomic E-state index is -0.328. The number of nitrogens with one attached hydrogen (secondary N) is 1. The fraction of sp³-hybridized carbons (Fsp3) is 0.333. The molecule has 23 heavy (non-hydrogen) atoms. The standard InChI is InChI=1S/C18H20N2O3/c1-12-8-19-9-14(12)17(21)20-10-15(13-6-4-3-5-7-13)16(11-20)18(22)23-2/h3-9,15-16,19H,10-11H2,1-2H3/t15-,16-/m1/s1. The van der Waals surface area contributed by atoms with Gasteiger partial charge in [0.1, 0.15) is 0 Å². The molecule has 5 nitrogen and oxygen atoms in total. The molecule has 5 heteroatoms. The van der Waals surface area contributed by atoms with E-state index in [4.69, 9.17) is 4.74 Å². The van der Waals surface area contributed by atoms with E-state index in [2.05, 4.69) is 4.98 Å². The Bertz CT molecular complexity index is 708. The summed E-state index contributed by atoms with van der Waals surface area (Å²) in [7, 11) is 1.39. The number of benzene rings is 1. The summed E-state index contributed by atoms with van der Waals surface area (Å²) >= 11 is 0. The molecule has 2 heterocycles. The highest BCUT2D eigenvalue weighted by Gasteiger charge is 2.41. The summed E-state index contributed by atoms with van der Waals surface area (Å²) in [6.07, 6.45) is 3.51. The number of carbonyl (C=O) groups is 2. The van der Waals surface area contributed by atoms with E-state index in [-0.39, 0.29) is 23.7 Å². The smallest absolute Gasteiger partial charge is 0.311 e. The Morgan fingerprint density at radius 3 is 2.52 bits per heavy atom. The second-order valence-corrected chi connectivity index (χ2v) is 5.91. The molecule has 120 valence electrons. The minimum absolute atomic E-state index is 0.0353. The summed E-state index contributed by atoms with van der Waals surface area (Å²) in [6, 6.07) is 9.83. The van der Waals surface area contributed by atoms with Gasteiger partial charge in [-0.1, -0.05) is 30.3 Å². The average Bonchev–Trinajstić information content (AvgIpc) is 3.21. The van der Waals surface area contributed by atoms with Gasteiger partial charge in [0.05, 0.1) is 18.6 Å². The number of esters is 1. The van der Waals surface area contributed by atoms with Crippen LogP contribution < -0.4 is 0 Å². The minimum Gasteiger partial charge on any atom is -0.469 e. The molecular formula is C18H20N2O3. The van der Waals surface area contributed by atoms with Crippen LogP contribution in [0.5, 0.6) is 0 Å². The lowest BCUT2D eigenvalue weighted by Gasteiger charge is -2.16. The Labute approximate surface area is 135 Å². The molecule has 2 aromatic rings. The molecule has 3 rings (SSSR count). The first kappa shape index (κ1) is 15.3. The number of methoxy groups -OCH3 is 1. The van der Waals surface area contributed by atoms with Crippen molar-refractivity contribution in [2.75, 3.05) is 20.2 Å². The second-order valence-electron chi connectivity index (χ2n) is 5.91. The predicted octanol–water partition coefficient (Wildman–Crippen LogP) is 2.35. The van der Waals surface area contributed by atoms with Gasteiger partial charge in [-0.05, 0) is 18.1 Å². The van der Waals surface area contributed by atoms with E-state index in [1.54, 1.807) is 17.3 Å². The van der Waals surface area contributed by atoms with Gasteiger partial charge < -0.3 is 14.6 Å². The van der Waals surface area contributed by atoms with Crippen molar-refractivity contribution in [2.24, 2.45) is 5.92 Å². The molecular weight excluding hydrogens is 292 g/mol. The van der Waals surface area contributed by atoms with E-state index < -0.39 is 0 Å². The van der Waals surface area contributed by atoms with Crippen LogP contribution in [-0.2, 0) is 9.53 Å². The van der Waals surface area contributed by atoms with E-state index in [1.165, 1.54) is 7.11 Å². The van der Waals surface area contributed by atoms with Crippen molar-refractivity contribution < 1.29 is 14.3 Å². The number of hydrogen-bond acceptors (Lipinski definition) is 3. The van der Waals surface area contributed by atoms with Gasteiger partial charge in [-0.3, -0.25) is 9.59 Å². The quantitative estimate of drug-likeness (QED) is 0.885. The third kappa shape index (κ3) is 2.86. The number of aromatic nitrogens is 1. The van der Waals surface area contributed by atoms with Crippen LogP contribution in [0.3, 0.4) is 0 Å². The Hall–Kier alpha value is -2.56. The fourth-order valence-electron chi connectivity index (χ4n) is 3.24. The first-order chi connectivity index (χ1) is 11.1. The summed E-state index contributed by atoms with van der Waals surface area (Å²) in [4.78, 5) is 29.6. The van der Waals surface area contributed by atoms with Gasteiger partial charge in [0.15, 0.2) is 0 Å². The lowest BCUT2D eigenvalue weighted by molar-refractivity contribution is -0.145. The van der Waals surface area contributed by atoms with Crippen molar-refractivity contribution in [3.05, 3.63) is 59.4 Å². The van der Waals surface area contributed by atoms with Gasteiger partial charge in [-0.2, -0.15) is 0 Å². The Balaban J connectivity index is 1.87. The largest absolute Gasteiger partial charge is 0.469 e. The number of aryl methyl sites for hydroxylation is 1. The highest BCUT2D eigenvalue weighted by molar-refractivity contribution is 5.96. The summed E-state index contributed by atoms with van der Waals surface area (Å²) in [6.45, 7) is 2.80. The molecule has 1 aliphatic heterocycles. The fourth-order valence-corrected chi connectivity index (χ4v) is 3.24. The molecule has 1 N–H and O–H groups in total. The maximum Gasteiger partial charge on any atom is 0.311 e. The summed E-state index contributed by atoms with van der Waals surface area (Å²) in [5.41, 5.74) is 2.62.